The van der Waals surface area contributed by atoms with Gasteiger partial charge in [-0.1, -0.05) is 6.07 Å². The Morgan fingerprint density at radius 2 is 2.08 bits per heavy atom. The van der Waals surface area contributed by atoms with Crippen molar-refractivity contribution in [3.05, 3.63) is 36.7 Å². The summed E-state index contributed by atoms with van der Waals surface area (Å²) < 4.78 is 6.10. The van der Waals surface area contributed by atoms with Crippen molar-refractivity contribution < 1.29 is 14.7 Å². The Morgan fingerprint density at radius 1 is 1.23 bits per heavy atom. The number of fused-ring (bicyclic) bond motifs is 1. The molecule has 0 unspecified atom stereocenters. The zero-order chi connectivity index (χ0) is 9.26. The fourth-order valence-corrected chi connectivity index (χ4v) is 1.29. The minimum absolute atomic E-state index is 0.790. The predicted octanol–water partition coefficient (Wildman–Crippen LogP) is 1.37. The normalized spacial score (nSPS) is 10.2. The lowest BCUT2D eigenvalue weighted by molar-refractivity contribution is -0.903. The van der Waals surface area contributed by atoms with Gasteiger partial charge in [0, 0.05) is 10.8 Å². The number of methoxy groups -OCH3 is 1. The summed E-state index contributed by atoms with van der Waals surface area (Å²) in [7, 11) is 1.62. The molecule has 0 aliphatic heterocycles. The molecular formula is C10H10NO2+. The molecule has 1 N–H and O–H groups in total. The molecule has 0 spiro atoms. The van der Waals surface area contributed by atoms with Crippen LogP contribution in [-0.2, 0) is 0 Å². The van der Waals surface area contributed by atoms with Crippen LogP contribution in [-0.4, -0.2) is 12.3 Å². The lowest BCUT2D eigenvalue weighted by atomic mass is 10.2. The minimum Gasteiger partial charge on any atom is -0.497 e. The zero-order valence-electron chi connectivity index (χ0n) is 7.27. The first-order chi connectivity index (χ1) is 6.29. The molecule has 13 heavy (non-hydrogen) atoms. The average Bonchev–Trinajstić information content (AvgIpc) is 2.16. The van der Waals surface area contributed by atoms with E-state index in [1.165, 1.54) is 0 Å². The highest BCUT2D eigenvalue weighted by Gasteiger charge is 2.01. The lowest BCUT2D eigenvalue weighted by Crippen LogP contribution is -2.27. The number of ether oxygens (including phenoxy) is 1. The molecule has 0 fully saturated rings. The van der Waals surface area contributed by atoms with Crippen molar-refractivity contribution >= 4 is 10.8 Å². The van der Waals surface area contributed by atoms with Gasteiger partial charge in [0.1, 0.15) is 5.75 Å². The number of nitrogens with zero attached hydrogens (tertiary/aromatic N) is 1. The molecule has 0 saturated heterocycles. The van der Waals surface area contributed by atoms with Gasteiger partial charge in [0.05, 0.1) is 12.5 Å². The van der Waals surface area contributed by atoms with Crippen LogP contribution in [0.3, 0.4) is 0 Å². The van der Waals surface area contributed by atoms with E-state index in [9.17, 15) is 0 Å². The Hall–Kier alpha value is -1.77. The Morgan fingerprint density at radius 3 is 2.85 bits per heavy atom. The van der Waals surface area contributed by atoms with Crippen LogP contribution >= 0.6 is 0 Å². The van der Waals surface area contributed by atoms with Crippen molar-refractivity contribution in [3.63, 3.8) is 0 Å². The second-order valence-corrected chi connectivity index (χ2v) is 2.82. The molecule has 0 amide bonds. The summed E-state index contributed by atoms with van der Waals surface area (Å²) in [4.78, 5) is 0. The molecule has 0 radical (unpaired) electrons. The summed E-state index contributed by atoms with van der Waals surface area (Å²) in [5.41, 5.74) is 0. The molecule has 2 rings (SSSR count). The quantitative estimate of drug-likeness (QED) is 0.526. The maximum absolute atomic E-state index is 9.17. The highest BCUT2D eigenvalue weighted by molar-refractivity contribution is 5.82. The van der Waals surface area contributed by atoms with Crippen LogP contribution in [0.15, 0.2) is 36.7 Å². The standard InChI is InChI=1S/C10H10NO2/c1-13-10-3-2-8-4-5-11(12)7-9(8)6-10/h2-7,12H,1H3/q+1. The lowest BCUT2D eigenvalue weighted by Gasteiger charge is -1.99. The van der Waals surface area contributed by atoms with Crippen molar-refractivity contribution in [2.24, 2.45) is 0 Å². The first-order valence-corrected chi connectivity index (χ1v) is 3.98. The second-order valence-electron chi connectivity index (χ2n) is 2.82. The van der Waals surface area contributed by atoms with Gasteiger partial charge in [0.2, 0.25) is 12.4 Å². The van der Waals surface area contributed by atoms with Crippen LogP contribution in [0.1, 0.15) is 0 Å². The third-order valence-electron chi connectivity index (χ3n) is 1.97. The van der Waals surface area contributed by atoms with E-state index in [-0.39, 0.29) is 0 Å². The SMILES string of the molecule is COc1ccc2cc[n+](O)cc2c1. The molecule has 1 aromatic heterocycles. The molecule has 1 heterocycles. The van der Waals surface area contributed by atoms with Crippen molar-refractivity contribution in [1.29, 1.82) is 0 Å². The minimum atomic E-state index is 0.790. The highest BCUT2D eigenvalue weighted by Crippen LogP contribution is 2.18. The first kappa shape index (κ1) is 7.86. The Labute approximate surface area is 75.8 Å². The van der Waals surface area contributed by atoms with Crippen LogP contribution in [0.2, 0.25) is 0 Å². The third kappa shape index (κ3) is 1.40. The van der Waals surface area contributed by atoms with Crippen LogP contribution in [0.4, 0.5) is 0 Å². The van der Waals surface area contributed by atoms with Crippen molar-refractivity contribution in [2.45, 2.75) is 0 Å². The molecule has 0 aliphatic rings. The first-order valence-electron chi connectivity index (χ1n) is 3.98. The number of benzene rings is 1. The van der Waals surface area contributed by atoms with Crippen LogP contribution < -0.4 is 9.47 Å². The van der Waals surface area contributed by atoms with Crippen molar-refractivity contribution in [3.8, 4) is 5.75 Å². The van der Waals surface area contributed by atoms with Crippen LogP contribution in [0, 0.1) is 0 Å². The number of aromatic nitrogens is 1. The van der Waals surface area contributed by atoms with Crippen molar-refractivity contribution in [1.82, 2.24) is 0 Å². The molecule has 0 aliphatic carbocycles. The zero-order valence-corrected chi connectivity index (χ0v) is 7.27. The monoisotopic (exact) mass is 176 g/mol. The molecule has 0 bridgehead atoms. The summed E-state index contributed by atoms with van der Waals surface area (Å²) in [6.07, 6.45) is 3.23. The maximum Gasteiger partial charge on any atom is 0.230 e. The maximum atomic E-state index is 9.17. The summed E-state index contributed by atoms with van der Waals surface area (Å²) in [6, 6.07) is 7.56. The summed E-state index contributed by atoms with van der Waals surface area (Å²) in [5.74, 6) is 0.790. The van der Waals surface area contributed by atoms with E-state index in [0.717, 1.165) is 21.3 Å². The van der Waals surface area contributed by atoms with Crippen LogP contribution in [0.25, 0.3) is 10.8 Å². The van der Waals surface area contributed by atoms with Gasteiger partial charge in [0.25, 0.3) is 0 Å². The van der Waals surface area contributed by atoms with E-state index in [0.29, 0.717) is 0 Å². The number of hydrogen-bond donors (Lipinski definition) is 1. The Balaban J connectivity index is 2.68. The summed E-state index contributed by atoms with van der Waals surface area (Å²) in [6.45, 7) is 0. The number of pyridine rings is 1. The van der Waals surface area contributed by atoms with Gasteiger partial charge >= 0.3 is 0 Å². The topological polar surface area (TPSA) is 33.3 Å². The molecule has 2 aromatic rings. The molecule has 3 nitrogen and oxygen atoms in total. The van der Waals surface area contributed by atoms with Gasteiger partial charge in [-0.25, -0.2) is 0 Å². The molecule has 3 heteroatoms. The van der Waals surface area contributed by atoms with Gasteiger partial charge in [-0.05, 0) is 17.5 Å². The predicted molar refractivity (Wildman–Crippen MR) is 47.9 cm³/mol. The van der Waals surface area contributed by atoms with Gasteiger partial charge in [-0.15, -0.1) is 0 Å². The summed E-state index contributed by atoms with van der Waals surface area (Å²) >= 11 is 0. The molecule has 0 atom stereocenters. The van der Waals surface area contributed by atoms with Crippen molar-refractivity contribution in [2.75, 3.05) is 7.11 Å². The van der Waals surface area contributed by atoms with E-state index in [1.54, 1.807) is 19.5 Å². The van der Waals surface area contributed by atoms with E-state index in [2.05, 4.69) is 0 Å². The summed E-state index contributed by atoms with van der Waals surface area (Å²) in [5, 5.41) is 11.2. The highest BCUT2D eigenvalue weighted by atomic mass is 16.5. The third-order valence-corrected chi connectivity index (χ3v) is 1.97. The number of hydrogen-bond acceptors (Lipinski definition) is 2. The van der Waals surface area contributed by atoms with Gasteiger partial charge < -0.3 is 4.74 Å². The smallest absolute Gasteiger partial charge is 0.230 e. The van der Waals surface area contributed by atoms with Crippen LogP contribution in [0.5, 0.6) is 5.75 Å². The van der Waals surface area contributed by atoms with E-state index < -0.39 is 0 Å². The fourth-order valence-electron chi connectivity index (χ4n) is 1.29. The van der Waals surface area contributed by atoms with E-state index >= 15 is 0 Å². The molecule has 1 aromatic carbocycles. The number of rotatable bonds is 1. The largest absolute Gasteiger partial charge is 0.497 e. The van der Waals surface area contributed by atoms with Gasteiger partial charge in [0.15, 0.2) is 0 Å². The second kappa shape index (κ2) is 2.94. The molecule has 66 valence electrons. The molecule has 0 saturated carbocycles. The Bertz CT molecular complexity index is 440. The Kier molecular flexibility index (Phi) is 1.77. The van der Waals surface area contributed by atoms with Gasteiger partial charge in [-0.3, -0.25) is 5.21 Å². The van der Waals surface area contributed by atoms with E-state index in [1.807, 2.05) is 24.3 Å². The van der Waals surface area contributed by atoms with E-state index in [4.69, 9.17) is 9.94 Å². The molecular weight excluding hydrogens is 166 g/mol. The average molecular weight is 176 g/mol. The fraction of sp³-hybridized carbons (Fsp3) is 0.100. The van der Waals surface area contributed by atoms with Gasteiger partial charge in [-0.2, -0.15) is 0 Å².